The van der Waals surface area contributed by atoms with Gasteiger partial charge in [0.25, 0.3) is 5.91 Å². The predicted octanol–water partition coefficient (Wildman–Crippen LogP) is 4.38. The van der Waals surface area contributed by atoms with Crippen molar-refractivity contribution in [1.29, 1.82) is 0 Å². The van der Waals surface area contributed by atoms with Crippen LogP contribution in [0.25, 0.3) is 0 Å². The number of thiophene rings is 1. The monoisotopic (exact) mass is 309 g/mol. The molecule has 0 aliphatic heterocycles. The molecule has 0 saturated carbocycles. The summed E-state index contributed by atoms with van der Waals surface area (Å²) in [5.41, 5.74) is 2.92. The third-order valence-corrected chi connectivity index (χ3v) is 4.58. The minimum absolute atomic E-state index is 0.0520. The Morgan fingerprint density at radius 2 is 2.00 bits per heavy atom. The molecule has 0 saturated heterocycles. The van der Waals surface area contributed by atoms with E-state index in [4.69, 9.17) is 0 Å². The lowest BCUT2D eigenvalue weighted by Crippen LogP contribution is -2.11. The van der Waals surface area contributed by atoms with E-state index < -0.39 is 0 Å². The molecular weight excluding hydrogens is 298 g/mol. The van der Waals surface area contributed by atoms with Crippen molar-refractivity contribution in [2.75, 3.05) is 5.32 Å². The van der Waals surface area contributed by atoms with Gasteiger partial charge in [0.2, 0.25) is 0 Å². The Hall–Kier alpha value is -1.13. The van der Waals surface area contributed by atoms with E-state index >= 15 is 0 Å². The van der Waals surface area contributed by atoms with Crippen LogP contribution < -0.4 is 5.32 Å². The molecule has 88 valence electrons. The molecule has 0 aliphatic rings. The van der Waals surface area contributed by atoms with E-state index in [-0.39, 0.29) is 5.91 Å². The van der Waals surface area contributed by atoms with Gasteiger partial charge in [-0.1, -0.05) is 12.1 Å². The molecule has 2 nitrogen and oxygen atoms in total. The largest absolute Gasteiger partial charge is 0.320 e. The van der Waals surface area contributed by atoms with Gasteiger partial charge in [-0.3, -0.25) is 4.79 Å². The first-order chi connectivity index (χ1) is 8.09. The first-order valence-electron chi connectivity index (χ1n) is 5.20. The van der Waals surface area contributed by atoms with Crippen molar-refractivity contribution < 1.29 is 4.79 Å². The highest BCUT2D eigenvalue weighted by atomic mass is 79.9. The Balaban J connectivity index is 2.25. The van der Waals surface area contributed by atoms with Crippen LogP contribution in [0.1, 0.15) is 20.8 Å². The number of carbonyl (C=O) groups is 1. The summed E-state index contributed by atoms with van der Waals surface area (Å²) in [5.74, 6) is -0.0520. The molecule has 1 amide bonds. The van der Waals surface area contributed by atoms with Crippen LogP contribution in [-0.4, -0.2) is 5.91 Å². The second-order valence-corrected chi connectivity index (χ2v) is 5.53. The van der Waals surface area contributed by atoms with Crippen molar-refractivity contribution in [3.05, 3.63) is 50.1 Å². The van der Waals surface area contributed by atoms with Crippen LogP contribution in [0.3, 0.4) is 0 Å². The van der Waals surface area contributed by atoms with Gasteiger partial charge in [-0.05, 0) is 58.4 Å². The number of hydrogen-bond acceptors (Lipinski definition) is 2. The lowest BCUT2D eigenvalue weighted by Gasteiger charge is -2.08. The average Bonchev–Trinajstić information content (AvgIpc) is 2.71. The van der Waals surface area contributed by atoms with Crippen molar-refractivity contribution in [3.8, 4) is 0 Å². The lowest BCUT2D eigenvalue weighted by molar-refractivity contribution is 0.103. The smallest absolute Gasteiger partial charge is 0.266 e. The van der Waals surface area contributed by atoms with Crippen LogP contribution in [0.2, 0.25) is 0 Å². The molecule has 0 radical (unpaired) electrons. The van der Waals surface area contributed by atoms with Crippen LogP contribution in [0.4, 0.5) is 5.69 Å². The highest BCUT2D eigenvalue weighted by Gasteiger charge is 2.12. The predicted molar refractivity (Wildman–Crippen MR) is 75.9 cm³/mol. The number of hydrogen-bond donors (Lipinski definition) is 1. The molecule has 0 atom stereocenters. The zero-order valence-electron chi connectivity index (χ0n) is 9.58. The number of nitrogens with one attached hydrogen (secondary N) is 1. The van der Waals surface area contributed by atoms with E-state index in [0.717, 1.165) is 26.2 Å². The molecule has 1 aromatic heterocycles. The minimum Gasteiger partial charge on any atom is -0.320 e. The van der Waals surface area contributed by atoms with E-state index in [1.165, 1.54) is 11.3 Å². The molecule has 0 unspecified atom stereocenters. The van der Waals surface area contributed by atoms with Crippen molar-refractivity contribution in [2.24, 2.45) is 0 Å². The molecule has 1 N–H and O–H groups in total. The van der Waals surface area contributed by atoms with Crippen molar-refractivity contribution in [3.63, 3.8) is 0 Å². The summed E-state index contributed by atoms with van der Waals surface area (Å²) in [6, 6.07) is 7.76. The van der Waals surface area contributed by atoms with Gasteiger partial charge in [0, 0.05) is 4.47 Å². The van der Waals surface area contributed by atoms with Crippen LogP contribution >= 0.6 is 27.3 Å². The maximum Gasteiger partial charge on any atom is 0.266 e. The van der Waals surface area contributed by atoms with Gasteiger partial charge in [-0.15, -0.1) is 11.3 Å². The summed E-state index contributed by atoms with van der Waals surface area (Å²) >= 11 is 4.94. The fourth-order valence-corrected chi connectivity index (χ4v) is 2.71. The van der Waals surface area contributed by atoms with E-state index in [1.807, 2.05) is 43.5 Å². The topological polar surface area (TPSA) is 29.1 Å². The summed E-state index contributed by atoms with van der Waals surface area (Å²) in [7, 11) is 0. The third kappa shape index (κ3) is 2.58. The highest BCUT2D eigenvalue weighted by Crippen LogP contribution is 2.27. The summed E-state index contributed by atoms with van der Waals surface area (Å²) in [4.78, 5) is 12.8. The first-order valence-corrected chi connectivity index (χ1v) is 6.87. The SMILES string of the molecule is Cc1ccsc1C(=O)Nc1cccc(C)c1Br. The molecular formula is C13H12BrNOS. The molecule has 0 fully saturated rings. The average molecular weight is 310 g/mol. The van der Waals surface area contributed by atoms with Gasteiger partial charge in [-0.25, -0.2) is 0 Å². The second-order valence-electron chi connectivity index (χ2n) is 3.82. The van der Waals surface area contributed by atoms with Crippen molar-refractivity contribution in [2.45, 2.75) is 13.8 Å². The van der Waals surface area contributed by atoms with Gasteiger partial charge >= 0.3 is 0 Å². The molecule has 4 heteroatoms. The number of halogens is 1. The van der Waals surface area contributed by atoms with Crippen LogP contribution in [-0.2, 0) is 0 Å². The summed E-state index contributed by atoms with van der Waals surface area (Å²) in [6.07, 6.45) is 0. The number of amides is 1. The minimum atomic E-state index is -0.0520. The molecule has 0 bridgehead atoms. The molecule has 2 rings (SSSR count). The summed E-state index contributed by atoms with van der Waals surface area (Å²) < 4.78 is 0.933. The Labute approximate surface area is 113 Å². The Morgan fingerprint density at radius 3 is 2.65 bits per heavy atom. The quantitative estimate of drug-likeness (QED) is 0.876. The number of aryl methyl sites for hydroxylation is 2. The second kappa shape index (κ2) is 5.02. The molecule has 1 aromatic carbocycles. The molecule has 0 aliphatic carbocycles. The van der Waals surface area contributed by atoms with E-state index in [1.54, 1.807) is 0 Å². The van der Waals surface area contributed by atoms with E-state index in [2.05, 4.69) is 21.2 Å². The van der Waals surface area contributed by atoms with Crippen molar-refractivity contribution >= 4 is 38.9 Å². The van der Waals surface area contributed by atoms with Crippen LogP contribution in [0, 0.1) is 13.8 Å². The molecule has 2 aromatic rings. The Morgan fingerprint density at radius 1 is 1.24 bits per heavy atom. The molecule has 0 spiro atoms. The molecule has 17 heavy (non-hydrogen) atoms. The first kappa shape index (κ1) is 12.3. The standard InChI is InChI=1S/C13H12BrNOS/c1-8-4-3-5-10(11(8)14)15-13(16)12-9(2)6-7-17-12/h3-7H,1-2H3,(H,15,16). The van der Waals surface area contributed by atoms with Crippen LogP contribution in [0.5, 0.6) is 0 Å². The van der Waals surface area contributed by atoms with Gasteiger partial charge in [0.1, 0.15) is 0 Å². The van der Waals surface area contributed by atoms with Crippen molar-refractivity contribution in [1.82, 2.24) is 0 Å². The summed E-state index contributed by atoms with van der Waals surface area (Å²) in [6.45, 7) is 3.94. The number of rotatable bonds is 2. The fraction of sp³-hybridized carbons (Fsp3) is 0.154. The number of anilines is 1. The maximum absolute atomic E-state index is 12.0. The fourth-order valence-electron chi connectivity index (χ4n) is 1.53. The van der Waals surface area contributed by atoms with E-state index in [0.29, 0.717) is 0 Å². The maximum atomic E-state index is 12.0. The number of benzene rings is 1. The lowest BCUT2D eigenvalue weighted by atomic mass is 10.2. The zero-order valence-corrected chi connectivity index (χ0v) is 12.0. The normalized spacial score (nSPS) is 10.3. The van der Waals surface area contributed by atoms with Gasteiger partial charge < -0.3 is 5.32 Å². The summed E-state index contributed by atoms with van der Waals surface area (Å²) in [5, 5.41) is 4.84. The Bertz CT molecular complexity index is 562. The molecule has 1 heterocycles. The number of carbonyl (C=O) groups excluding carboxylic acids is 1. The van der Waals surface area contributed by atoms with Gasteiger partial charge in [-0.2, -0.15) is 0 Å². The van der Waals surface area contributed by atoms with Gasteiger partial charge in [0.05, 0.1) is 10.6 Å². The highest BCUT2D eigenvalue weighted by molar-refractivity contribution is 9.10. The Kier molecular flexibility index (Phi) is 3.64. The van der Waals surface area contributed by atoms with Gasteiger partial charge in [0.15, 0.2) is 0 Å². The van der Waals surface area contributed by atoms with E-state index in [9.17, 15) is 4.79 Å². The third-order valence-electron chi connectivity index (χ3n) is 2.51. The zero-order chi connectivity index (χ0) is 12.4. The van der Waals surface area contributed by atoms with Crippen LogP contribution in [0.15, 0.2) is 34.1 Å².